The van der Waals surface area contributed by atoms with Gasteiger partial charge >= 0.3 is 0 Å². The van der Waals surface area contributed by atoms with E-state index in [1.165, 1.54) is 6.07 Å². The van der Waals surface area contributed by atoms with Crippen LogP contribution in [0.5, 0.6) is 0 Å². The Morgan fingerprint density at radius 1 is 1.22 bits per heavy atom. The van der Waals surface area contributed by atoms with E-state index >= 15 is 0 Å². The first kappa shape index (κ1) is 16.2. The van der Waals surface area contributed by atoms with Crippen LogP contribution >= 0.6 is 11.3 Å². The Labute approximate surface area is 139 Å². The second-order valence-electron chi connectivity index (χ2n) is 5.46. The van der Waals surface area contributed by atoms with Crippen molar-refractivity contribution >= 4 is 27.3 Å². The molecule has 23 heavy (non-hydrogen) atoms. The zero-order valence-corrected chi connectivity index (χ0v) is 14.3. The molecule has 0 unspecified atom stereocenters. The third-order valence-electron chi connectivity index (χ3n) is 3.73. The summed E-state index contributed by atoms with van der Waals surface area (Å²) in [5.74, 6) is -0.0127. The van der Waals surface area contributed by atoms with Gasteiger partial charge in [0.15, 0.2) is 0 Å². The minimum absolute atomic E-state index is 0.0718. The lowest BCUT2D eigenvalue weighted by Crippen LogP contribution is -2.26. The molecule has 1 aromatic carbocycles. The Morgan fingerprint density at radius 2 is 1.96 bits per heavy atom. The summed E-state index contributed by atoms with van der Waals surface area (Å²) < 4.78 is 27.8. The minimum atomic E-state index is -3.58. The van der Waals surface area contributed by atoms with Gasteiger partial charge < -0.3 is 5.32 Å². The SMILES string of the molecule is CCNC(=O)c1ccc(S(=O)(=O)N[C@@H]2C[C@H]2c2ccccc2)s1. The van der Waals surface area contributed by atoms with Gasteiger partial charge in [0.25, 0.3) is 5.91 Å². The maximum Gasteiger partial charge on any atom is 0.261 e. The minimum Gasteiger partial charge on any atom is -0.352 e. The van der Waals surface area contributed by atoms with Crippen molar-refractivity contribution in [1.29, 1.82) is 0 Å². The molecule has 1 aliphatic carbocycles. The van der Waals surface area contributed by atoms with Gasteiger partial charge in [0, 0.05) is 18.5 Å². The fraction of sp³-hybridized carbons (Fsp3) is 0.312. The molecule has 1 amide bonds. The van der Waals surface area contributed by atoms with Crippen LogP contribution in [-0.4, -0.2) is 26.9 Å². The van der Waals surface area contributed by atoms with Gasteiger partial charge in [-0.3, -0.25) is 4.79 Å². The number of thiophene rings is 1. The van der Waals surface area contributed by atoms with Gasteiger partial charge in [-0.15, -0.1) is 11.3 Å². The van der Waals surface area contributed by atoms with Crippen molar-refractivity contribution in [3.63, 3.8) is 0 Å². The van der Waals surface area contributed by atoms with Crippen LogP contribution in [0.4, 0.5) is 0 Å². The molecular formula is C16H18N2O3S2. The molecule has 2 N–H and O–H groups in total. The number of sulfonamides is 1. The normalized spacial score (nSPS) is 20.2. The molecule has 0 aliphatic heterocycles. The van der Waals surface area contributed by atoms with Crippen molar-refractivity contribution < 1.29 is 13.2 Å². The number of nitrogens with one attached hydrogen (secondary N) is 2. The molecule has 0 saturated heterocycles. The van der Waals surface area contributed by atoms with Crippen LogP contribution in [0.2, 0.25) is 0 Å². The van der Waals surface area contributed by atoms with E-state index in [1.54, 1.807) is 6.07 Å². The predicted octanol–water partition coefficient (Wildman–Crippen LogP) is 2.33. The number of amides is 1. The van der Waals surface area contributed by atoms with E-state index in [9.17, 15) is 13.2 Å². The van der Waals surface area contributed by atoms with Crippen LogP contribution in [0, 0.1) is 0 Å². The maximum atomic E-state index is 12.4. The average Bonchev–Trinajstić information content (AvgIpc) is 3.09. The summed E-state index contributed by atoms with van der Waals surface area (Å²) in [6.45, 7) is 2.33. The number of rotatable bonds is 6. The van der Waals surface area contributed by atoms with Crippen molar-refractivity contribution in [3.05, 3.63) is 52.9 Å². The molecule has 1 saturated carbocycles. The third kappa shape index (κ3) is 3.63. The Bertz CT molecular complexity index is 800. The summed E-state index contributed by atoms with van der Waals surface area (Å²) in [6.07, 6.45) is 0.803. The molecular weight excluding hydrogens is 332 g/mol. The number of hydrogen-bond donors (Lipinski definition) is 2. The lowest BCUT2D eigenvalue weighted by molar-refractivity contribution is 0.0960. The number of carbonyl (C=O) groups excluding carboxylic acids is 1. The van der Waals surface area contributed by atoms with Crippen LogP contribution in [0.25, 0.3) is 0 Å². The first-order valence-electron chi connectivity index (χ1n) is 7.46. The highest BCUT2D eigenvalue weighted by Gasteiger charge is 2.41. The standard InChI is InChI=1S/C16H18N2O3S2/c1-2-17-16(19)14-8-9-15(22-14)23(20,21)18-13-10-12(13)11-6-4-3-5-7-11/h3-9,12-13,18H,2,10H2,1H3,(H,17,19)/t12-,13+/m0/s1. The maximum absolute atomic E-state index is 12.4. The highest BCUT2D eigenvalue weighted by atomic mass is 32.2. The second-order valence-corrected chi connectivity index (χ2v) is 8.48. The Kier molecular flexibility index (Phi) is 4.52. The van der Waals surface area contributed by atoms with Crippen LogP contribution in [-0.2, 0) is 10.0 Å². The largest absolute Gasteiger partial charge is 0.352 e. The Morgan fingerprint density at radius 3 is 2.65 bits per heavy atom. The summed E-state index contributed by atoms with van der Waals surface area (Å²) in [7, 11) is -3.58. The van der Waals surface area contributed by atoms with Crippen molar-refractivity contribution in [2.24, 2.45) is 0 Å². The Balaban J connectivity index is 1.68. The topological polar surface area (TPSA) is 75.3 Å². The summed E-state index contributed by atoms with van der Waals surface area (Å²) in [4.78, 5) is 12.1. The predicted molar refractivity (Wildman–Crippen MR) is 90.2 cm³/mol. The molecule has 0 bridgehead atoms. The van der Waals surface area contributed by atoms with E-state index in [1.807, 2.05) is 37.3 Å². The van der Waals surface area contributed by atoms with E-state index in [2.05, 4.69) is 10.0 Å². The monoisotopic (exact) mass is 350 g/mol. The smallest absolute Gasteiger partial charge is 0.261 e. The molecule has 2 aromatic rings. The van der Waals surface area contributed by atoms with Gasteiger partial charge in [0.05, 0.1) is 4.88 Å². The average molecular weight is 350 g/mol. The molecule has 0 radical (unpaired) electrons. The van der Waals surface area contributed by atoms with Crippen molar-refractivity contribution in [1.82, 2.24) is 10.0 Å². The highest BCUT2D eigenvalue weighted by molar-refractivity contribution is 7.91. The molecule has 1 aliphatic rings. The quantitative estimate of drug-likeness (QED) is 0.840. The summed E-state index contributed by atoms with van der Waals surface area (Å²) in [5, 5.41) is 2.66. The number of carbonyl (C=O) groups is 1. The van der Waals surface area contributed by atoms with E-state index in [0.717, 1.165) is 23.3 Å². The van der Waals surface area contributed by atoms with E-state index in [4.69, 9.17) is 0 Å². The molecule has 122 valence electrons. The van der Waals surface area contributed by atoms with Crippen LogP contribution in [0.15, 0.2) is 46.7 Å². The first-order valence-corrected chi connectivity index (χ1v) is 9.76. The van der Waals surface area contributed by atoms with Gasteiger partial charge in [-0.2, -0.15) is 0 Å². The van der Waals surface area contributed by atoms with E-state index < -0.39 is 10.0 Å². The molecule has 1 heterocycles. The van der Waals surface area contributed by atoms with Gasteiger partial charge in [-0.25, -0.2) is 13.1 Å². The van der Waals surface area contributed by atoms with Crippen LogP contribution < -0.4 is 10.0 Å². The zero-order chi connectivity index (χ0) is 16.4. The van der Waals surface area contributed by atoms with E-state index in [0.29, 0.717) is 11.4 Å². The number of benzene rings is 1. The van der Waals surface area contributed by atoms with Crippen molar-refractivity contribution in [3.8, 4) is 0 Å². The van der Waals surface area contributed by atoms with E-state index in [-0.39, 0.29) is 22.1 Å². The fourth-order valence-electron chi connectivity index (χ4n) is 2.49. The molecule has 0 spiro atoms. The summed E-state index contributed by atoms with van der Waals surface area (Å²) in [6, 6.07) is 12.8. The second kappa shape index (κ2) is 6.43. The lowest BCUT2D eigenvalue weighted by atomic mass is 10.1. The fourth-order valence-corrected chi connectivity index (χ4v) is 5.01. The third-order valence-corrected chi connectivity index (χ3v) is 6.80. The van der Waals surface area contributed by atoms with Crippen LogP contribution in [0.1, 0.15) is 34.5 Å². The summed E-state index contributed by atoms with van der Waals surface area (Å²) in [5.41, 5.74) is 1.15. The van der Waals surface area contributed by atoms with Gasteiger partial charge in [0.2, 0.25) is 10.0 Å². The molecule has 1 aromatic heterocycles. The van der Waals surface area contributed by atoms with Gasteiger partial charge in [-0.1, -0.05) is 30.3 Å². The first-order chi connectivity index (χ1) is 11.0. The Hall–Kier alpha value is -1.70. The van der Waals surface area contributed by atoms with Crippen LogP contribution in [0.3, 0.4) is 0 Å². The van der Waals surface area contributed by atoms with Gasteiger partial charge in [0.1, 0.15) is 4.21 Å². The molecule has 1 fully saturated rings. The molecule has 7 heteroatoms. The molecule has 5 nitrogen and oxygen atoms in total. The zero-order valence-electron chi connectivity index (χ0n) is 12.7. The van der Waals surface area contributed by atoms with Gasteiger partial charge in [-0.05, 0) is 31.0 Å². The van der Waals surface area contributed by atoms with Crippen molar-refractivity contribution in [2.75, 3.05) is 6.54 Å². The number of hydrogen-bond acceptors (Lipinski definition) is 4. The van der Waals surface area contributed by atoms with Crippen molar-refractivity contribution in [2.45, 2.75) is 29.5 Å². The summed E-state index contributed by atoms with van der Waals surface area (Å²) >= 11 is 0.992. The lowest BCUT2D eigenvalue weighted by Gasteiger charge is -2.04. The molecule has 2 atom stereocenters. The highest BCUT2D eigenvalue weighted by Crippen LogP contribution is 2.41. The molecule has 3 rings (SSSR count).